The van der Waals surface area contributed by atoms with Crippen LogP contribution in [0.2, 0.25) is 0 Å². The van der Waals surface area contributed by atoms with Crippen LogP contribution in [0.15, 0.2) is 42.5 Å². The van der Waals surface area contributed by atoms with Gasteiger partial charge in [-0.15, -0.1) is 0 Å². The third-order valence-electron chi connectivity index (χ3n) is 5.07. The summed E-state index contributed by atoms with van der Waals surface area (Å²) in [5, 5.41) is 0. The third kappa shape index (κ3) is 2.15. The van der Waals surface area contributed by atoms with Gasteiger partial charge in [0.25, 0.3) is 0 Å². The summed E-state index contributed by atoms with van der Waals surface area (Å²) >= 11 is 0. The summed E-state index contributed by atoms with van der Waals surface area (Å²) in [4.78, 5) is 11.4. The Kier molecular flexibility index (Phi) is 3.12. The first-order chi connectivity index (χ1) is 9.91. The van der Waals surface area contributed by atoms with Crippen LogP contribution in [0.25, 0.3) is 11.1 Å². The molecule has 0 spiro atoms. The fraction of sp³-hybridized carbons (Fsp3) is 0.316. The largest absolute Gasteiger partial charge is 0.366 e. The molecule has 108 valence electrons. The highest BCUT2D eigenvalue weighted by Crippen LogP contribution is 2.46. The van der Waals surface area contributed by atoms with Gasteiger partial charge >= 0.3 is 0 Å². The molecule has 1 atom stereocenters. The highest BCUT2D eigenvalue weighted by Gasteiger charge is 2.37. The molecule has 21 heavy (non-hydrogen) atoms. The summed E-state index contributed by atoms with van der Waals surface area (Å²) in [5.41, 5.74) is 11.3. The van der Waals surface area contributed by atoms with Crippen LogP contribution in [-0.4, -0.2) is 5.91 Å². The minimum atomic E-state index is -0.377. The lowest BCUT2D eigenvalue weighted by Gasteiger charge is -2.25. The van der Waals surface area contributed by atoms with Gasteiger partial charge in [-0.25, -0.2) is 0 Å². The van der Waals surface area contributed by atoms with Gasteiger partial charge in [0.2, 0.25) is 5.91 Å². The number of carbonyl (C=O) groups is 1. The number of benzene rings is 2. The zero-order chi connectivity index (χ0) is 15.2. The van der Waals surface area contributed by atoms with E-state index < -0.39 is 0 Å². The molecule has 1 amide bonds. The van der Waals surface area contributed by atoms with Crippen molar-refractivity contribution in [3.05, 3.63) is 59.2 Å². The van der Waals surface area contributed by atoms with Crippen molar-refractivity contribution in [3.63, 3.8) is 0 Å². The maximum absolute atomic E-state index is 11.4. The Morgan fingerprint density at radius 1 is 1.19 bits per heavy atom. The van der Waals surface area contributed by atoms with Crippen LogP contribution in [0.5, 0.6) is 0 Å². The molecule has 0 fully saturated rings. The van der Waals surface area contributed by atoms with E-state index in [2.05, 4.69) is 45.0 Å². The molecular weight excluding hydrogens is 258 g/mol. The molecule has 2 heteroatoms. The van der Waals surface area contributed by atoms with Gasteiger partial charge in [0.1, 0.15) is 0 Å². The molecule has 0 radical (unpaired) electrons. The maximum atomic E-state index is 11.4. The van der Waals surface area contributed by atoms with Gasteiger partial charge < -0.3 is 5.73 Å². The fourth-order valence-electron chi connectivity index (χ4n) is 3.35. The Balaban J connectivity index is 2.16. The molecule has 0 saturated heterocycles. The summed E-state index contributed by atoms with van der Waals surface area (Å²) in [6.45, 7) is 6.93. The molecule has 3 rings (SSSR count). The van der Waals surface area contributed by atoms with E-state index in [1.807, 2.05) is 12.1 Å². The molecule has 1 unspecified atom stereocenters. The lowest BCUT2D eigenvalue weighted by Crippen LogP contribution is -2.21. The van der Waals surface area contributed by atoms with Crippen LogP contribution in [0.4, 0.5) is 0 Å². The van der Waals surface area contributed by atoms with Crippen LogP contribution in [-0.2, 0) is 11.8 Å². The first-order valence-electron chi connectivity index (χ1n) is 7.44. The summed E-state index contributed by atoms with van der Waals surface area (Å²) in [6.07, 6.45) is 1.08. The molecule has 0 heterocycles. The van der Waals surface area contributed by atoms with Crippen molar-refractivity contribution in [1.29, 1.82) is 0 Å². The van der Waals surface area contributed by atoms with Crippen molar-refractivity contribution < 1.29 is 4.79 Å². The minimum Gasteiger partial charge on any atom is -0.366 e. The Morgan fingerprint density at radius 3 is 2.62 bits per heavy atom. The number of fused-ring (bicyclic) bond motifs is 1. The number of primary amides is 1. The Labute approximate surface area is 126 Å². The lowest BCUT2D eigenvalue weighted by molar-refractivity contribution is 0.100. The van der Waals surface area contributed by atoms with E-state index in [0.29, 0.717) is 11.5 Å². The van der Waals surface area contributed by atoms with Gasteiger partial charge in [0.05, 0.1) is 0 Å². The van der Waals surface area contributed by atoms with E-state index in [9.17, 15) is 4.79 Å². The predicted octanol–water partition coefficient (Wildman–Crippen LogP) is 3.92. The summed E-state index contributed by atoms with van der Waals surface area (Å²) in [7, 11) is 0. The summed E-state index contributed by atoms with van der Waals surface area (Å²) < 4.78 is 0. The van der Waals surface area contributed by atoms with Crippen LogP contribution in [0.3, 0.4) is 0 Å². The minimum absolute atomic E-state index is 0.201. The van der Waals surface area contributed by atoms with Gasteiger partial charge in [-0.2, -0.15) is 0 Å². The summed E-state index contributed by atoms with van der Waals surface area (Å²) in [5.74, 6) is 0.242. The van der Waals surface area contributed by atoms with Gasteiger partial charge in [0.15, 0.2) is 0 Å². The lowest BCUT2D eigenvalue weighted by atomic mass is 9.79. The Bertz CT molecular complexity index is 715. The number of hydrogen-bond donors (Lipinski definition) is 1. The molecule has 2 nitrogen and oxygen atoms in total. The van der Waals surface area contributed by atoms with Crippen molar-refractivity contribution in [1.82, 2.24) is 0 Å². The standard InChI is InChI=1S/C19H21NO/c1-12-10-16-15(8-5-9-17(16)19(12,2)3)13-6-4-7-14(11-13)18(20)21/h4-9,11-12H,10H2,1-3H3,(H2,20,21). The van der Waals surface area contributed by atoms with Crippen molar-refractivity contribution >= 4 is 5.91 Å². The molecular formula is C19H21NO. The first kappa shape index (κ1) is 13.9. The van der Waals surface area contributed by atoms with E-state index in [-0.39, 0.29) is 11.3 Å². The smallest absolute Gasteiger partial charge is 0.248 e. The molecule has 0 saturated carbocycles. The fourth-order valence-corrected chi connectivity index (χ4v) is 3.35. The zero-order valence-electron chi connectivity index (χ0n) is 12.8. The van der Waals surface area contributed by atoms with Crippen molar-refractivity contribution in [3.8, 4) is 11.1 Å². The van der Waals surface area contributed by atoms with Crippen LogP contribution >= 0.6 is 0 Å². The molecule has 1 aliphatic rings. The van der Waals surface area contributed by atoms with Gasteiger partial charge in [-0.3, -0.25) is 4.79 Å². The molecule has 0 bridgehead atoms. The van der Waals surface area contributed by atoms with E-state index >= 15 is 0 Å². The van der Waals surface area contributed by atoms with Crippen molar-refractivity contribution in [2.45, 2.75) is 32.6 Å². The van der Waals surface area contributed by atoms with E-state index in [1.165, 1.54) is 16.7 Å². The van der Waals surface area contributed by atoms with E-state index in [1.54, 1.807) is 6.07 Å². The average Bonchev–Trinajstić information content (AvgIpc) is 2.69. The second kappa shape index (κ2) is 4.73. The van der Waals surface area contributed by atoms with Crippen LogP contribution in [0.1, 0.15) is 42.3 Å². The molecule has 2 aromatic carbocycles. The maximum Gasteiger partial charge on any atom is 0.248 e. The predicted molar refractivity (Wildman–Crippen MR) is 86.3 cm³/mol. The van der Waals surface area contributed by atoms with Gasteiger partial charge in [-0.05, 0) is 52.1 Å². The number of amides is 1. The van der Waals surface area contributed by atoms with Crippen LogP contribution < -0.4 is 5.73 Å². The van der Waals surface area contributed by atoms with Crippen molar-refractivity contribution in [2.75, 3.05) is 0 Å². The number of carbonyl (C=O) groups excluding carboxylic acids is 1. The molecule has 2 N–H and O–H groups in total. The Morgan fingerprint density at radius 2 is 1.90 bits per heavy atom. The monoisotopic (exact) mass is 279 g/mol. The topological polar surface area (TPSA) is 43.1 Å². The highest BCUT2D eigenvalue weighted by molar-refractivity contribution is 5.94. The molecule has 0 aliphatic heterocycles. The zero-order valence-corrected chi connectivity index (χ0v) is 12.8. The normalized spacial score (nSPS) is 19.3. The van der Waals surface area contributed by atoms with Gasteiger partial charge in [-0.1, -0.05) is 51.1 Å². The average molecular weight is 279 g/mol. The molecule has 2 aromatic rings. The Hall–Kier alpha value is -2.09. The highest BCUT2D eigenvalue weighted by atomic mass is 16.1. The third-order valence-corrected chi connectivity index (χ3v) is 5.07. The molecule has 1 aliphatic carbocycles. The quantitative estimate of drug-likeness (QED) is 0.889. The molecule has 0 aromatic heterocycles. The second-order valence-corrected chi connectivity index (χ2v) is 6.60. The van der Waals surface area contributed by atoms with Gasteiger partial charge in [0, 0.05) is 5.56 Å². The number of nitrogens with two attached hydrogens (primary N) is 1. The van der Waals surface area contributed by atoms with E-state index in [0.717, 1.165) is 12.0 Å². The summed E-state index contributed by atoms with van der Waals surface area (Å²) in [6, 6.07) is 14.1. The number of rotatable bonds is 2. The van der Waals surface area contributed by atoms with Crippen molar-refractivity contribution in [2.24, 2.45) is 11.7 Å². The first-order valence-corrected chi connectivity index (χ1v) is 7.44. The SMILES string of the molecule is CC1Cc2c(-c3cccc(C(N)=O)c3)cccc2C1(C)C. The number of hydrogen-bond acceptors (Lipinski definition) is 1. The van der Waals surface area contributed by atoms with E-state index in [4.69, 9.17) is 5.73 Å². The van der Waals surface area contributed by atoms with Crippen LogP contribution in [0, 0.1) is 5.92 Å². The second-order valence-electron chi connectivity index (χ2n) is 6.60.